The summed E-state index contributed by atoms with van der Waals surface area (Å²) in [5.41, 5.74) is 1.62. The van der Waals surface area contributed by atoms with Crippen molar-refractivity contribution in [2.45, 2.75) is 50.4 Å². The molecule has 0 spiro atoms. The average molecular weight is 848 g/mol. The Morgan fingerprint density at radius 2 is 1.04 bits per heavy atom. The zero-order chi connectivity index (χ0) is 43.9. The SMILES string of the molecule is COS(=O)(=O)O.COS(=O)(=O)O.C[N+](C)(C)CCCCCC[N+](C)(C)C.C[N+](C)(CCCCC(C#N)(c1ccccc1)c1ccccc1)CC[N+]1(C)CCOCC1. The number of hydrogen-bond acceptors (Lipinski definition) is 8. The lowest BCUT2D eigenvalue weighted by Crippen LogP contribution is -2.57. The Hall–Kier alpha value is -2.53. The molecule has 3 rings (SSSR count). The van der Waals surface area contributed by atoms with E-state index in [1.807, 2.05) is 36.4 Å². The molecule has 16 heteroatoms. The van der Waals surface area contributed by atoms with Crippen LogP contribution in [0.2, 0.25) is 0 Å². The molecular weight excluding hydrogens is 771 g/mol. The van der Waals surface area contributed by atoms with Crippen LogP contribution in [0.1, 0.15) is 56.1 Å². The second-order valence-electron chi connectivity index (χ2n) is 17.6. The first kappa shape index (κ1) is 54.5. The van der Waals surface area contributed by atoms with E-state index in [-0.39, 0.29) is 0 Å². The van der Waals surface area contributed by atoms with Crippen molar-refractivity contribution in [1.29, 1.82) is 5.26 Å². The average Bonchev–Trinajstić information content (AvgIpc) is 3.13. The molecule has 1 fully saturated rings. The van der Waals surface area contributed by atoms with Crippen molar-refractivity contribution >= 4 is 20.8 Å². The van der Waals surface area contributed by atoms with Crippen molar-refractivity contribution in [1.82, 2.24) is 0 Å². The molecule has 328 valence electrons. The molecule has 0 atom stereocenters. The topological polar surface area (TPSA) is 160 Å². The van der Waals surface area contributed by atoms with Gasteiger partial charge in [-0.2, -0.15) is 22.1 Å². The van der Waals surface area contributed by atoms with Crippen molar-refractivity contribution in [2.24, 2.45) is 0 Å². The summed E-state index contributed by atoms with van der Waals surface area (Å²) in [6.07, 6.45) is 8.57. The molecule has 2 aromatic rings. The minimum Gasteiger partial charge on any atom is -0.370 e. The maximum absolute atomic E-state index is 10.3. The van der Waals surface area contributed by atoms with Crippen LogP contribution in [0.3, 0.4) is 0 Å². The third-order valence-electron chi connectivity index (χ3n) is 9.91. The van der Waals surface area contributed by atoms with Gasteiger partial charge in [0.1, 0.15) is 31.6 Å². The van der Waals surface area contributed by atoms with Crippen LogP contribution in [0.25, 0.3) is 0 Å². The zero-order valence-electron chi connectivity index (χ0n) is 36.9. The molecule has 0 unspecified atom stereocenters. The normalized spacial score (nSPS) is 14.7. The summed E-state index contributed by atoms with van der Waals surface area (Å²) in [7, 11) is 14.1. The highest BCUT2D eigenvalue weighted by molar-refractivity contribution is 7.81. The Kier molecular flexibility index (Phi) is 24.7. The Morgan fingerprint density at radius 3 is 1.37 bits per heavy atom. The quantitative estimate of drug-likeness (QED) is 0.111. The monoisotopic (exact) mass is 848 g/mol. The Morgan fingerprint density at radius 1 is 0.667 bits per heavy atom. The van der Waals surface area contributed by atoms with E-state index in [1.54, 1.807) is 0 Å². The number of nitriles is 1. The molecule has 0 aromatic heterocycles. The second-order valence-corrected chi connectivity index (χ2v) is 20.0. The van der Waals surface area contributed by atoms with Crippen molar-refractivity contribution in [3.05, 3.63) is 71.8 Å². The maximum Gasteiger partial charge on any atom is 0.397 e. The van der Waals surface area contributed by atoms with Crippen molar-refractivity contribution < 1.29 is 57.0 Å². The summed E-state index contributed by atoms with van der Waals surface area (Å²) >= 11 is 0. The van der Waals surface area contributed by atoms with E-state index in [0.717, 1.165) is 95.4 Å². The smallest absolute Gasteiger partial charge is 0.370 e. The number of likely N-dealkylation sites (N-methyl/N-ethyl adjacent to an activating group) is 2. The van der Waals surface area contributed by atoms with Crippen LogP contribution < -0.4 is 0 Å². The van der Waals surface area contributed by atoms with Gasteiger partial charge in [0.25, 0.3) is 0 Å². The number of benzene rings is 2. The fraction of sp³-hybridized carbons (Fsp3) is 0.683. The van der Waals surface area contributed by atoms with Gasteiger partial charge in [-0.05, 0) is 56.1 Å². The third-order valence-corrected chi connectivity index (χ3v) is 10.8. The number of nitrogens with zero attached hydrogens (tertiary/aromatic N) is 5. The van der Waals surface area contributed by atoms with Crippen LogP contribution in [0.15, 0.2) is 60.7 Å². The largest absolute Gasteiger partial charge is 0.397 e. The number of rotatable bonds is 19. The van der Waals surface area contributed by atoms with Crippen LogP contribution in [0, 0.1) is 11.3 Å². The first-order valence-corrected chi connectivity index (χ1v) is 22.4. The molecule has 0 bridgehead atoms. The van der Waals surface area contributed by atoms with Gasteiger partial charge in [-0.25, -0.2) is 0 Å². The third kappa shape index (κ3) is 27.7. The number of hydrogen-bond donors (Lipinski definition) is 2. The van der Waals surface area contributed by atoms with E-state index in [9.17, 15) is 22.1 Å². The van der Waals surface area contributed by atoms with Crippen LogP contribution in [-0.4, -0.2) is 181 Å². The van der Waals surface area contributed by atoms with E-state index in [4.69, 9.17) is 13.8 Å². The summed E-state index contributed by atoms with van der Waals surface area (Å²) in [5.74, 6) is 0. The molecular formula is C41H77N5O9S2+4. The molecule has 0 saturated carbocycles. The summed E-state index contributed by atoms with van der Waals surface area (Å²) in [6.45, 7) is 10.2. The highest BCUT2D eigenvalue weighted by Gasteiger charge is 2.34. The fourth-order valence-corrected chi connectivity index (χ4v) is 6.17. The summed E-state index contributed by atoms with van der Waals surface area (Å²) in [6, 6.07) is 23.3. The summed E-state index contributed by atoms with van der Waals surface area (Å²) < 4.78 is 69.3. The first-order valence-electron chi connectivity index (χ1n) is 19.6. The summed E-state index contributed by atoms with van der Waals surface area (Å²) in [4.78, 5) is 0. The van der Waals surface area contributed by atoms with E-state index in [0.29, 0.717) is 0 Å². The molecule has 14 nitrogen and oxygen atoms in total. The van der Waals surface area contributed by atoms with E-state index in [2.05, 4.69) is 102 Å². The minimum atomic E-state index is -4.16. The van der Waals surface area contributed by atoms with Gasteiger partial charge >= 0.3 is 20.8 Å². The number of unbranched alkanes of at least 4 members (excludes halogenated alkanes) is 4. The first-order chi connectivity index (χ1) is 26.2. The van der Waals surface area contributed by atoms with Gasteiger partial charge in [0.2, 0.25) is 0 Å². The molecule has 1 saturated heterocycles. The molecule has 1 aliphatic heterocycles. The molecule has 2 aromatic carbocycles. The molecule has 0 amide bonds. The van der Waals surface area contributed by atoms with Crippen molar-refractivity contribution in [3.8, 4) is 6.07 Å². The van der Waals surface area contributed by atoms with Crippen LogP contribution >= 0.6 is 0 Å². The Balaban J connectivity index is 0.000000990. The Labute approximate surface area is 346 Å². The number of quaternary nitrogens is 4. The van der Waals surface area contributed by atoms with E-state index in [1.165, 1.54) is 51.9 Å². The zero-order valence-corrected chi connectivity index (χ0v) is 38.5. The standard InChI is InChI=1S/C27H39N3O.C12H30N2.2CH4O4S/c1-29(2,18-19-30(3)20-22-31-23-21-30)17-11-10-16-27(24-28,25-12-6-4-7-13-25)26-14-8-5-9-15-26;1-13(2,3)11-9-7-8-10-12-14(4,5)6;2*1-5-6(2,3)4/h4-9,12-15H,10-11,16-23H2,1-3H3;7-12H2,1-6H3;2*1H3,(H,2,3,4)/q2*+2;;. The predicted octanol–water partition coefficient (Wildman–Crippen LogP) is 5.05. The van der Waals surface area contributed by atoms with Crippen molar-refractivity contribution in [3.63, 3.8) is 0 Å². The minimum absolute atomic E-state index is 0.577. The number of morpholine rings is 1. The molecule has 0 radical (unpaired) electrons. The van der Waals surface area contributed by atoms with Gasteiger partial charge in [0.15, 0.2) is 0 Å². The van der Waals surface area contributed by atoms with Crippen LogP contribution in [0.5, 0.6) is 0 Å². The van der Waals surface area contributed by atoms with Crippen LogP contribution in [-0.2, 0) is 39.3 Å². The van der Waals surface area contributed by atoms with Gasteiger partial charge in [-0.15, -0.1) is 0 Å². The lowest BCUT2D eigenvalue weighted by atomic mass is 9.72. The van der Waals surface area contributed by atoms with Crippen LogP contribution in [0.4, 0.5) is 0 Å². The predicted molar refractivity (Wildman–Crippen MR) is 228 cm³/mol. The molecule has 1 heterocycles. The number of ether oxygens (including phenoxy) is 1. The van der Waals surface area contributed by atoms with Gasteiger partial charge in [0.05, 0.1) is 117 Å². The highest BCUT2D eigenvalue weighted by Crippen LogP contribution is 2.36. The van der Waals surface area contributed by atoms with Gasteiger partial charge in [-0.3, -0.25) is 17.5 Å². The van der Waals surface area contributed by atoms with Gasteiger partial charge in [0, 0.05) is 0 Å². The van der Waals surface area contributed by atoms with Gasteiger partial charge < -0.3 is 22.7 Å². The van der Waals surface area contributed by atoms with Gasteiger partial charge in [-0.1, -0.05) is 60.7 Å². The molecule has 57 heavy (non-hydrogen) atoms. The highest BCUT2D eigenvalue weighted by atomic mass is 32.3. The van der Waals surface area contributed by atoms with Crippen molar-refractivity contribution in [2.75, 3.05) is 137 Å². The second kappa shape index (κ2) is 25.8. The lowest BCUT2D eigenvalue weighted by Gasteiger charge is -2.40. The van der Waals surface area contributed by atoms with E-state index < -0.39 is 26.2 Å². The fourth-order valence-electron chi connectivity index (χ4n) is 6.17. The van der Waals surface area contributed by atoms with E-state index >= 15 is 0 Å². The maximum atomic E-state index is 10.3. The molecule has 2 N–H and O–H groups in total. The summed E-state index contributed by atoms with van der Waals surface area (Å²) in [5, 5.41) is 10.3. The lowest BCUT2D eigenvalue weighted by molar-refractivity contribution is -0.959. The Bertz CT molecular complexity index is 1530. The molecule has 1 aliphatic rings. The molecule has 0 aliphatic carbocycles.